The number of hydrogen-bond donors (Lipinski definition) is 2. The van der Waals surface area contributed by atoms with Crippen LogP contribution in [0.15, 0.2) is 0 Å². The van der Waals surface area contributed by atoms with Crippen molar-refractivity contribution < 1.29 is 0 Å². The summed E-state index contributed by atoms with van der Waals surface area (Å²) in [5.74, 6) is 0. The van der Waals surface area contributed by atoms with Gasteiger partial charge in [0.2, 0.25) is 0 Å². The summed E-state index contributed by atoms with van der Waals surface area (Å²) in [6.07, 6.45) is 0. The van der Waals surface area contributed by atoms with Crippen LogP contribution in [0.4, 0.5) is 0 Å². The van der Waals surface area contributed by atoms with E-state index in [2.05, 4.69) is 40.4 Å². The van der Waals surface area contributed by atoms with Crippen molar-refractivity contribution in [1.29, 1.82) is 0 Å². The predicted octanol–water partition coefficient (Wildman–Crippen LogP) is 0.493. The molecule has 0 aromatic heterocycles. The zero-order valence-corrected chi connectivity index (χ0v) is 5.95. The normalized spacial score (nSPS) is 9.00. The molecule has 3 heteroatoms. The van der Waals surface area contributed by atoms with Crippen molar-refractivity contribution >= 4 is 22.6 Å². The fraction of sp³-hybridized carbons (Fsp3) is 1.00. The van der Waals surface area contributed by atoms with Gasteiger partial charge in [-0.2, -0.15) is 0 Å². The monoisotopic (exact) mass is 200 g/mol. The third kappa shape index (κ3) is 4.65. The molecule has 0 aromatic rings. The second-order valence-electron chi connectivity index (χ2n) is 0.841. The quantitative estimate of drug-likeness (QED) is 0.228. The van der Waals surface area contributed by atoms with Gasteiger partial charge in [-0.05, 0) is 0 Å². The van der Waals surface area contributed by atoms with Gasteiger partial charge in [0.15, 0.2) is 0 Å². The van der Waals surface area contributed by atoms with Crippen molar-refractivity contribution in [3.8, 4) is 0 Å². The molecule has 0 heterocycles. The lowest BCUT2D eigenvalue weighted by atomic mass is 10.8. The van der Waals surface area contributed by atoms with Crippen LogP contribution in [0.5, 0.6) is 0 Å². The second-order valence-corrected chi connectivity index (χ2v) is 1.60. The Morgan fingerprint density at radius 1 is 1.50 bits per heavy atom. The van der Waals surface area contributed by atoms with Gasteiger partial charge in [-0.25, -0.2) is 5.43 Å². The highest BCUT2D eigenvalue weighted by Crippen LogP contribution is 1.66. The molecule has 0 aliphatic heterocycles. The van der Waals surface area contributed by atoms with Crippen LogP contribution in [0.25, 0.3) is 0 Å². The van der Waals surface area contributed by atoms with Crippen molar-refractivity contribution in [2.24, 2.45) is 0 Å². The lowest BCUT2D eigenvalue weighted by Crippen LogP contribution is -2.29. The maximum absolute atomic E-state index is 2.94. The minimum absolute atomic E-state index is 0.964. The highest BCUT2D eigenvalue weighted by molar-refractivity contribution is 14.1. The van der Waals surface area contributed by atoms with E-state index in [1.54, 1.807) is 0 Å². The van der Waals surface area contributed by atoms with E-state index in [0.29, 0.717) is 0 Å². The summed E-state index contributed by atoms with van der Waals surface area (Å²) < 4.78 is 0.964. The minimum Gasteiger partial charge on any atom is -0.257 e. The van der Waals surface area contributed by atoms with Crippen molar-refractivity contribution in [1.82, 2.24) is 10.9 Å². The van der Waals surface area contributed by atoms with Gasteiger partial charge in [0, 0.05) is 6.54 Å². The first-order valence-electron chi connectivity index (χ1n) is 1.93. The van der Waals surface area contributed by atoms with E-state index >= 15 is 0 Å². The fourth-order valence-corrected chi connectivity index (χ4v) is 0.442. The van der Waals surface area contributed by atoms with Gasteiger partial charge >= 0.3 is 0 Å². The van der Waals surface area contributed by atoms with Gasteiger partial charge in [0.1, 0.15) is 0 Å². The molecular weight excluding hydrogens is 191 g/mol. The Bertz CT molecular complexity index is 20.8. The van der Waals surface area contributed by atoms with Crippen LogP contribution >= 0.6 is 22.6 Å². The molecule has 0 fully saturated rings. The van der Waals surface area contributed by atoms with Gasteiger partial charge in [0.25, 0.3) is 0 Å². The van der Waals surface area contributed by atoms with Crippen LogP contribution in [0.1, 0.15) is 6.92 Å². The third-order valence-electron chi connectivity index (χ3n) is 0.369. The summed E-state index contributed by atoms with van der Waals surface area (Å²) in [5, 5.41) is 0. The van der Waals surface area contributed by atoms with Gasteiger partial charge in [0.05, 0.1) is 4.55 Å². The average molecular weight is 200 g/mol. The summed E-state index contributed by atoms with van der Waals surface area (Å²) in [6.45, 7) is 3.04. The standard InChI is InChI=1S/C3H9IN2/c1-2-5-6-3-4/h5-6H,2-3H2,1H3. The average Bonchev–Trinajstić information content (AvgIpc) is 1.61. The smallest absolute Gasteiger partial charge is 0.0618 e. The molecule has 0 aliphatic carbocycles. The molecule has 0 amide bonds. The Morgan fingerprint density at radius 3 is 2.33 bits per heavy atom. The van der Waals surface area contributed by atoms with E-state index < -0.39 is 0 Å². The molecule has 2 nitrogen and oxygen atoms in total. The number of hydrazine groups is 1. The van der Waals surface area contributed by atoms with Gasteiger partial charge in [-0.1, -0.05) is 29.5 Å². The number of rotatable bonds is 3. The lowest BCUT2D eigenvalue weighted by molar-refractivity contribution is 0.618. The van der Waals surface area contributed by atoms with E-state index in [1.165, 1.54) is 0 Å². The van der Waals surface area contributed by atoms with E-state index in [9.17, 15) is 0 Å². The minimum atomic E-state index is 0.964. The molecule has 2 N–H and O–H groups in total. The molecule has 0 spiro atoms. The van der Waals surface area contributed by atoms with E-state index in [0.717, 1.165) is 11.1 Å². The topological polar surface area (TPSA) is 24.1 Å². The second kappa shape index (κ2) is 5.65. The largest absolute Gasteiger partial charge is 0.257 e. The molecule has 38 valence electrons. The van der Waals surface area contributed by atoms with Crippen molar-refractivity contribution in [2.45, 2.75) is 6.92 Å². The number of halogens is 1. The van der Waals surface area contributed by atoms with Crippen molar-refractivity contribution in [3.63, 3.8) is 0 Å². The first-order chi connectivity index (χ1) is 2.91. The Labute approximate surface area is 51.8 Å². The Morgan fingerprint density at radius 2 is 2.17 bits per heavy atom. The Hall–Kier alpha value is 0.650. The zero-order valence-electron chi connectivity index (χ0n) is 3.79. The maximum Gasteiger partial charge on any atom is 0.0618 e. The van der Waals surface area contributed by atoms with Crippen LogP contribution in [0.3, 0.4) is 0 Å². The van der Waals surface area contributed by atoms with E-state index in [1.807, 2.05) is 0 Å². The van der Waals surface area contributed by atoms with E-state index in [-0.39, 0.29) is 0 Å². The third-order valence-corrected chi connectivity index (χ3v) is 0.750. The zero-order chi connectivity index (χ0) is 4.83. The molecule has 0 radical (unpaired) electrons. The highest BCUT2D eigenvalue weighted by Gasteiger charge is 1.68. The maximum atomic E-state index is 2.94. The molecular formula is C3H9IN2. The van der Waals surface area contributed by atoms with Crippen LogP contribution in [-0.2, 0) is 0 Å². The van der Waals surface area contributed by atoms with Gasteiger partial charge in [-0.15, -0.1) is 0 Å². The predicted molar refractivity (Wildman–Crippen MR) is 35.7 cm³/mol. The number of hydrogen-bond acceptors (Lipinski definition) is 2. The van der Waals surface area contributed by atoms with Crippen molar-refractivity contribution in [2.75, 3.05) is 11.1 Å². The molecule has 0 rings (SSSR count). The first kappa shape index (κ1) is 6.65. The molecule has 0 aromatic carbocycles. The summed E-state index contributed by atoms with van der Waals surface area (Å²) in [5.41, 5.74) is 5.88. The summed E-state index contributed by atoms with van der Waals surface area (Å²) in [6, 6.07) is 0. The molecule has 0 aliphatic rings. The molecule has 0 atom stereocenters. The molecule has 6 heavy (non-hydrogen) atoms. The Balaban J connectivity index is 2.34. The van der Waals surface area contributed by atoms with Gasteiger partial charge in [-0.3, -0.25) is 5.43 Å². The summed E-state index contributed by atoms with van der Waals surface area (Å²) in [7, 11) is 0. The SMILES string of the molecule is CCNNCI. The van der Waals surface area contributed by atoms with E-state index in [4.69, 9.17) is 0 Å². The van der Waals surface area contributed by atoms with Crippen LogP contribution in [-0.4, -0.2) is 11.1 Å². The molecule has 0 unspecified atom stereocenters. The Kier molecular flexibility index (Phi) is 6.26. The van der Waals surface area contributed by atoms with Crippen LogP contribution < -0.4 is 10.9 Å². The summed E-state index contributed by atoms with van der Waals surface area (Å²) in [4.78, 5) is 0. The highest BCUT2D eigenvalue weighted by atomic mass is 127. The van der Waals surface area contributed by atoms with Gasteiger partial charge < -0.3 is 0 Å². The number of alkyl halides is 1. The number of nitrogens with one attached hydrogen (secondary N) is 2. The lowest BCUT2D eigenvalue weighted by Gasteiger charge is -1.94. The first-order valence-corrected chi connectivity index (χ1v) is 3.46. The molecule has 0 saturated carbocycles. The van der Waals surface area contributed by atoms with Crippen LogP contribution in [0.2, 0.25) is 0 Å². The molecule has 0 bridgehead atoms. The molecule has 0 saturated heterocycles. The summed E-state index contributed by atoms with van der Waals surface area (Å²) >= 11 is 2.24. The fourth-order valence-electron chi connectivity index (χ4n) is 0.172. The van der Waals surface area contributed by atoms with Crippen LogP contribution in [0, 0.1) is 0 Å². The van der Waals surface area contributed by atoms with Crippen molar-refractivity contribution in [3.05, 3.63) is 0 Å².